The summed E-state index contributed by atoms with van der Waals surface area (Å²) in [4.78, 5) is 13.9. The van der Waals surface area contributed by atoms with Crippen molar-refractivity contribution in [3.8, 4) is 22.4 Å². The summed E-state index contributed by atoms with van der Waals surface area (Å²) in [6.45, 7) is 8.41. The summed E-state index contributed by atoms with van der Waals surface area (Å²) in [5.74, 6) is 0.506. The van der Waals surface area contributed by atoms with E-state index in [1.807, 2.05) is 19.3 Å². The summed E-state index contributed by atoms with van der Waals surface area (Å²) in [6, 6.07) is 17.7. The van der Waals surface area contributed by atoms with Crippen LogP contribution in [0.2, 0.25) is 0 Å². The van der Waals surface area contributed by atoms with Gasteiger partial charge in [0.25, 0.3) is 0 Å². The number of aryl methyl sites for hydroxylation is 3. The minimum absolute atomic E-state index is 0.506. The molecule has 3 nitrogen and oxygen atoms in total. The normalized spacial score (nSPS) is 15.1. The third-order valence-corrected chi connectivity index (χ3v) is 6.93. The molecule has 0 spiro atoms. The third kappa shape index (κ3) is 3.73. The molecule has 0 radical (unpaired) electrons. The van der Waals surface area contributed by atoms with Gasteiger partial charge >= 0.3 is 0 Å². The second kappa shape index (κ2) is 8.31. The minimum atomic E-state index is 0.506. The van der Waals surface area contributed by atoms with Crippen LogP contribution < -0.4 is 0 Å². The van der Waals surface area contributed by atoms with E-state index in [0.717, 1.165) is 35.6 Å². The Kier molecular flexibility index (Phi) is 5.34. The molecule has 0 bridgehead atoms. The summed E-state index contributed by atoms with van der Waals surface area (Å²) in [5.41, 5.74) is 13.6. The highest BCUT2D eigenvalue weighted by atomic mass is 14.8. The third-order valence-electron chi connectivity index (χ3n) is 6.93. The molecule has 1 unspecified atom stereocenters. The Morgan fingerprint density at radius 2 is 1.59 bits per heavy atom. The van der Waals surface area contributed by atoms with E-state index in [4.69, 9.17) is 4.98 Å². The number of pyridine rings is 1. The molecule has 0 saturated carbocycles. The molecule has 2 aromatic heterocycles. The summed E-state index contributed by atoms with van der Waals surface area (Å²) in [5, 5.41) is 0. The van der Waals surface area contributed by atoms with Gasteiger partial charge in [-0.15, -0.1) is 0 Å². The number of aromatic nitrogens is 3. The maximum atomic E-state index is 4.86. The highest BCUT2D eigenvalue weighted by Crippen LogP contribution is 2.42. The molecule has 5 rings (SSSR count). The molecule has 32 heavy (non-hydrogen) atoms. The molecular weight excluding hydrogens is 390 g/mol. The molecule has 0 aliphatic heterocycles. The van der Waals surface area contributed by atoms with Gasteiger partial charge in [-0.2, -0.15) is 0 Å². The van der Waals surface area contributed by atoms with Crippen molar-refractivity contribution in [2.75, 3.05) is 0 Å². The van der Waals surface area contributed by atoms with Gasteiger partial charge in [0.2, 0.25) is 0 Å². The van der Waals surface area contributed by atoms with Crippen LogP contribution in [0.15, 0.2) is 60.9 Å². The topological polar surface area (TPSA) is 38.7 Å². The molecule has 0 amide bonds. The van der Waals surface area contributed by atoms with Crippen LogP contribution in [0.1, 0.15) is 51.7 Å². The van der Waals surface area contributed by atoms with E-state index >= 15 is 0 Å². The molecule has 0 fully saturated rings. The van der Waals surface area contributed by atoms with Crippen molar-refractivity contribution in [1.29, 1.82) is 0 Å². The van der Waals surface area contributed by atoms with Gasteiger partial charge in [-0.25, -0.2) is 0 Å². The molecule has 1 atom stereocenters. The monoisotopic (exact) mass is 419 g/mol. The Bertz CT molecular complexity index is 1290. The zero-order chi connectivity index (χ0) is 22.2. The molecular formula is C29H29N3. The first-order valence-corrected chi connectivity index (χ1v) is 11.4. The van der Waals surface area contributed by atoms with Gasteiger partial charge in [-0.3, -0.25) is 15.0 Å². The Hall–Kier alpha value is -3.33. The van der Waals surface area contributed by atoms with Crippen LogP contribution in [0.25, 0.3) is 22.4 Å². The number of rotatable bonds is 4. The lowest BCUT2D eigenvalue weighted by atomic mass is 9.89. The van der Waals surface area contributed by atoms with E-state index in [1.165, 1.54) is 45.4 Å². The van der Waals surface area contributed by atoms with Crippen LogP contribution in [0.3, 0.4) is 0 Å². The molecule has 3 heteroatoms. The number of nitrogens with zero attached hydrogens (tertiary/aromatic N) is 3. The number of hydrogen-bond acceptors (Lipinski definition) is 3. The lowest BCUT2D eigenvalue weighted by Crippen LogP contribution is -2.02. The standard InChI is InChI=1S/C29H29N3/c1-18-11-14-29(32-21(18)4)25-8-5-7-24(20(25)3)27-10-6-9-26-22(12-13-28(26)27)15-23-17-30-19(2)16-31-23/h5-11,14,16-17,22H,12-13,15H2,1-4H3. The van der Waals surface area contributed by atoms with Crippen LogP contribution in [-0.2, 0) is 12.8 Å². The highest BCUT2D eigenvalue weighted by molar-refractivity contribution is 5.79. The van der Waals surface area contributed by atoms with E-state index < -0.39 is 0 Å². The van der Waals surface area contributed by atoms with Crippen LogP contribution in [0, 0.1) is 27.7 Å². The largest absolute Gasteiger partial charge is 0.258 e. The van der Waals surface area contributed by atoms with Gasteiger partial charge in [0, 0.05) is 23.7 Å². The van der Waals surface area contributed by atoms with E-state index in [9.17, 15) is 0 Å². The van der Waals surface area contributed by atoms with Crippen LogP contribution in [0.4, 0.5) is 0 Å². The SMILES string of the molecule is Cc1cnc(CC2CCc3c(-c4cccc(-c5ccc(C)c(C)n5)c4C)cccc32)cn1. The summed E-state index contributed by atoms with van der Waals surface area (Å²) >= 11 is 0. The van der Waals surface area contributed by atoms with Crippen LogP contribution in [0.5, 0.6) is 0 Å². The molecule has 1 aliphatic rings. The van der Waals surface area contributed by atoms with E-state index in [2.05, 4.69) is 79.3 Å². The van der Waals surface area contributed by atoms with Crippen molar-refractivity contribution >= 4 is 0 Å². The van der Waals surface area contributed by atoms with Gasteiger partial charge in [-0.1, -0.05) is 42.5 Å². The van der Waals surface area contributed by atoms with Crippen molar-refractivity contribution in [2.24, 2.45) is 0 Å². The Labute approximate surface area is 190 Å². The zero-order valence-corrected chi connectivity index (χ0v) is 19.3. The summed E-state index contributed by atoms with van der Waals surface area (Å²) in [6.07, 6.45) is 7.04. The Balaban J connectivity index is 1.52. The summed E-state index contributed by atoms with van der Waals surface area (Å²) in [7, 11) is 0. The van der Waals surface area contributed by atoms with Crippen molar-refractivity contribution < 1.29 is 0 Å². The second-order valence-corrected chi connectivity index (χ2v) is 9.04. The first-order valence-electron chi connectivity index (χ1n) is 11.4. The highest BCUT2D eigenvalue weighted by Gasteiger charge is 2.26. The van der Waals surface area contributed by atoms with Gasteiger partial charge < -0.3 is 0 Å². The Morgan fingerprint density at radius 1 is 0.812 bits per heavy atom. The lowest BCUT2D eigenvalue weighted by molar-refractivity contribution is 0.660. The van der Waals surface area contributed by atoms with E-state index in [1.54, 1.807) is 0 Å². The first kappa shape index (κ1) is 20.6. The van der Waals surface area contributed by atoms with E-state index in [-0.39, 0.29) is 0 Å². The molecule has 0 saturated heterocycles. The molecule has 0 N–H and O–H groups in total. The predicted molar refractivity (Wildman–Crippen MR) is 131 cm³/mol. The van der Waals surface area contributed by atoms with Crippen molar-refractivity contribution in [3.63, 3.8) is 0 Å². The van der Waals surface area contributed by atoms with Crippen LogP contribution >= 0.6 is 0 Å². The molecule has 4 aromatic rings. The predicted octanol–water partition coefficient (Wildman–Crippen LogP) is 6.71. The smallest absolute Gasteiger partial charge is 0.0708 e. The van der Waals surface area contributed by atoms with Gasteiger partial charge in [0.05, 0.1) is 17.1 Å². The molecule has 2 heterocycles. The quantitative estimate of drug-likeness (QED) is 0.369. The minimum Gasteiger partial charge on any atom is -0.258 e. The zero-order valence-electron chi connectivity index (χ0n) is 19.3. The average molecular weight is 420 g/mol. The first-order chi connectivity index (χ1) is 15.5. The average Bonchev–Trinajstić information content (AvgIpc) is 3.20. The molecule has 160 valence electrons. The second-order valence-electron chi connectivity index (χ2n) is 9.04. The fourth-order valence-electron chi connectivity index (χ4n) is 4.97. The lowest BCUT2D eigenvalue weighted by Gasteiger charge is -2.16. The van der Waals surface area contributed by atoms with Gasteiger partial charge in [0.1, 0.15) is 0 Å². The summed E-state index contributed by atoms with van der Waals surface area (Å²) < 4.78 is 0. The fourth-order valence-corrected chi connectivity index (χ4v) is 4.97. The maximum Gasteiger partial charge on any atom is 0.0708 e. The van der Waals surface area contributed by atoms with Gasteiger partial charge in [0.15, 0.2) is 0 Å². The van der Waals surface area contributed by atoms with Crippen molar-refractivity contribution in [2.45, 2.75) is 52.9 Å². The Morgan fingerprint density at radius 3 is 2.38 bits per heavy atom. The number of hydrogen-bond donors (Lipinski definition) is 0. The number of fused-ring (bicyclic) bond motifs is 1. The fraction of sp³-hybridized carbons (Fsp3) is 0.276. The van der Waals surface area contributed by atoms with E-state index in [0.29, 0.717) is 5.92 Å². The van der Waals surface area contributed by atoms with Crippen molar-refractivity contribution in [1.82, 2.24) is 15.0 Å². The number of benzene rings is 2. The van der Waals surface area contributed by atoms with Crippen molar-refractivity contribution in [3.05, 3.63) is 100 Å². The molecule has 2 aromatic carbocycles. The van der Waals surface area contributed by atoms with Gasteiger partial charge in [-0.05, 0) is 92.3 Å². The maximum absolute atomic E-state index is 4.86. The van der Waals surface area contributed by atoms with Crippen LogP contribution in [-0.4, -0.2) is 15.0 Å². The molecule has 1 aliphatic carbocycles.